The zero-order valence-electron chi connectivity index (χ0n) is 15.5. The van der Waals surface area contributed by atoms with Gasteiger partial charge in [0, 0.05) is 23.8 Å². The number of carbonyl (C=O) groups is 1. The topological polar surface area (TPSA) is 55.2 Å². The molecule has 7 heteroatoms. The van der Waals surface area contributed by atoms with Gasteiger partial charge in [0.1, 0.15) is 0 Å². The Bertz CT molecular complexity index is 1070. The van der Waals surface area contributed by atoms with Gasteiger partial charge in [0.2, 0.25) is 5.91 Å². The van der Waals surface area contributed by atoms with Crippen molar-refractivity contribution in [3.63, 3.8) is 0 Å². The van der Waals surface area contributed by atoms with E-state index in [1.165, 1.54) is 16.3 Å². The Morgan fingerprint density at radius 3 is 2.71 bits per heavy atom. The van der Waals surface area contributed by atoms with E-state index in [9.17, 15) is 9.59 Å². The van der Waals surface area contributed by atoms with Gasteiger partial charge in [0.05, 0.1) is 16.7 Å². The van der Waals surface area contributed by atoms with Gasteiger partial charge < -0.3 is 4.90 Å². The molecule has 1 heterocycles. The smallest absolute Gasteiger partial charge is 0.262 e. The first kappa shape index (κ1) is 20.2. The summed E-state index contributed by atoms with van der Waals surface area (Å²) in [4.78, 5) is 31.9. The van der Waals surface area contributed by atoms with E-state index < -0.39 is 0 Å². The molecule has 2 aromatic carbocycles. The van der Waals surface area contributed by atoms with Crippen LogP contribution in [0.5, 0.6) is 0 Å². The molecule has 5 nitrogen and oxygen atoms in total. The van der Waals surface area contributed by atoms with Crippen molar-refractivity contribution in [3.8, 4) is 0 Å². The number of para-hydroxylation sites is 1. The van der Waals surface area contributed by atoms with Gasteiger partial charge in [0.15, 0.2) is 5.16 Å². The highest BCUT2D eigenvalue weighted by Gasteiger charge is 2.17. The summed E-state index contributed by atoms with van der Waals surface area (Å²) in [5.41, 5.74) is 1.19. The van der Waals surface area contributed by atoms with E-state index in [-0.39, 0.29) is 17.2 Å². The number of rotatable bonds is 7. The summed E-state index contributed by atoms with van der Waals surface area (Å²) in [5, 5.41) is 1.47. The number of hydrogen-bond donors (Lipinski definition) is 0. The van der Waals surface area contributed by atoms with Crippen molar-refractivity contribution in [2.75, 3.05) is 17.2 Å². The zero-order chi connectivity index (χ0) is 20.1. The first-order chi connectivity index (χ1) is 13.5. The first-order valence-electron chi connectivity index (χ1n) is 8.84. The molecule has 0 spiro atoms. The van der Waals surface area contributed by atoms with E-state index >= 15 is 0 Å². The van der Waals surface area contributed by atoms with Gasteiger partial charge in [-0.1, -0.05) is 47.6 Å². The summed E-state index contributed by atoms with van der Waals surface area (Å²) >= 11 is 7.29. The van der Waals surface area contributed by atoms with E-state index in [2.05, 4.69) is 11.6 Å². The number of hydrogen-bond acceptors (Lipinski definition) is 4. The number of nitrogens with zero attached hydrogens (tertiary/aromatic N) is 3. The molecule has 144 valence electrons. The third-order valence-electron chi connectivity index (χ3n) is 4.20. The molecule has 0 unspecified atom stereocenters. The summed E-state index contributed by atoms with van der Waals surface area (Å²) in [7, 11) is 0. The van der Waals surface area contributed by atoms with Crippen LogP contribution in [0.2, 0.25) is 5.02 Å². The monoisotopic (exact) mass is 413 g/mol. The second-order valence-electron chi connectivity index (χ2n) is 6.02. The predicted octanol–water partition coefficient (Wildman–Crippen LogP) is 4.38. The molecule has 3 aromatic rings. The van der Waals surface area contributed by atoms with Crippen molar-refractivity contribution >= 4 is 45.9 Å². The van der Waals surface area contributed by atoms with Crippen LogP contribution in [0.1, 0.15) is 6.92 Å². The quantitative estimate of drug-likeness (QED) is 0.327. The summed E-state index contributed by atoms with van der Waals surface area (Å²) in [6.07, 6.45) is 1.64. The van der Waals surface area contributed by atoms with E-state index in [0.29, 0.717) is 34.2 Å². The molecule has 0 aliphatic carbocycles. The lowest BCUT2D eigenvalue weighted by Gasteiger charge is -2.21. The summed E-state index contributed by atoms with van der Waals surface area (Å²) < 4.78 is 1.53. The van der Waals surface area contributed by atoms with Crippen LogP contribution >= 0.6 is 23.4 Å². The molecule has 0 fully saturated rings. The van der Waals surface area contributed by atoms with E-state index in [1.54, 1.807) is 29.2 Å². The minimum atomic E-state index is -0.174. The minimum absolute atomic E-state index is 0.0516. The molecule has 0 aliphatic rings. The Kier molecular flexibility index (Phi) is 6.54. The minimum Gasteiger partial charge on any atom is -0.312 e. The fourth-order valence-corrected chi connectivity index (χ4v) is 3.94. The van der Waals surface area contributed by atoms with Crippen molar-refractivity contribution in [1.82, 2.24) is 9.55 Å². The molecule has 1 aromatic heterocycles. The highest BCUT2D eigenvalue weighted by Crippen LogP contribution is 2.22. The molecule has 0 radical (unpaired) electrons. The number of carbonyl (C=O) groups excluding carboxylic acids is 1. The third-order valence-corrected chi connectivity index (χ3v) is 5.40. The number of thioether (sulfide) groups is 1. The summed E-state index contributed by atoms with van der Waals surface area (Å²) in [6.45, 7) is 6.52. The molecule has 0 atom stereocenters. The number of anilines is 1. The van der Waals surface area contributed by atoms with Crippen LogP contribution in [-0.2, 0) is 11.3 Å². The standard InChI is InChI=1S/C21H20ClN3O2S/c1-3-12-25-20(27)17-11-10-15(22)13-18(17)23-21(25)28-14-19(26)24(4-2)16-8-6-5-7-9-16/h3,5-11,13H,1,4,12,14H2,2H3. The Morgan fingerprint density at radius 2 is 2.04 bits per heavy atom. The molecule has 0 bridgehead atoms. The first-order valence-corrected chi connectivity index (χ1v) is 10.2. The zero-order valence-corrected chi connectivity index (χ0v) is 17.0. The lowest BCUT2D eigenvalue weighted by Crippen LogP contribution is -2.32. The van der Waals surface area contributed by atoms with Gasteiger partial charge in [-0.25, -0.2) is 4.98 Å². The number of fused-ring (bicyclic) bond motifs is 1. The van der Waals surface area contributed by atoms with Crippen LogP contribution in [0.4, 0.5) is 5.69 Å². The normalized spacial score (nSPS) is 10.8. The SMILES string of the molecule is C=CCn1c(SCC(=O)N(CC)c2ccccc2)nc2cc(Cl)ccc2c1=O. The van der Waals surface area contributed by atoms with Crippen LogP contribution in [0, 0.1) is 0 Å². The van der Waals surface area contributed by atoms with Gasteiger partial charge in [-0.3, -0.25) is 14.2 Å². The maximum absolute atomic E-state index is 12.8. The fraction of sp³-hybridized carbons (Fsp3) is 0.190. The van der Waals surface area contributed by atoms with Crippen LogP contribution in [0.15, 0.2) is 71.1 Å². The largest absolute Gasteiger partial charge is 0.312 e. The van der Waals surface area contributed by atoms with Crippen LogP contribution in [0.25, 0.3) is 10.9 Å². The Hall–Kier alpha value is -2.57. The van der Waals surface area contributed by atoms with Crippen LogP contribution in [-0.4, -0.2) is 27.8 Å². The Morgan fingerprint density at radius 1 is 1.29 bits per heavy atom. The van der Waals surface area contributed by atoms with Crippen LogP contribution in [0.3, 0.4) is 0 Å². The number of halogens is 1. The van der Waals surface area contributed by atoms with Crippen molar-refractivity contribution in [3.05, 3.63) is 76.6 Å². The van der Waals surface area contributed by atoms with Crippen molar-refractivity contribution in [2.45, 2.75) is 18.6 Å². The maximum Gasteiger partial charge on any atom is 0.262 e. The fourth-order valence-electron chi connectivity index (χ4n) is 2.89. The van der Waals surface area contributed by atoms with Gasteiger partial charge in [-0.2, -0.15) is 0 Å². The molecular formula is C21H20ClN3O2S. The van der Waals surface area contributed by atoms with Gasteiger partial charge in [-0.05, 0) is 37.3 Å². The average molecular weight is 414 g/mol. The van der Waals surface area contributed by atoms with Crippen LogP contribution < -0.4 is 10.5 Å². The molecule has 3 rings (SSSR count). The second kappa shape index (κ2) is 9.08. The van der Waals surface area contributed by atoms with Gasteiger partial charge >= 0.3 is 0 Å². The average Bonchev–Trinajstić information content (AvgIpc) is 2.70. The number of allylic oxidation sites excluding steroid dienone is 1. The van der Waals surface area contributed by atoms with Gasteiger partial charge in [0.25, 0.3) is 5.56 Å². The molecule has 0 saturated carbocycles. The lowest BCUT2D eigenvalue weighted by molar-refractivity contribution is -0.116. The molecular weight excluding hydrogens is 394 g/mol. The molecule has 0 aliphatic heterocycles. The Labute approximate surface area is 172 Å². The van der Waals surface area contributed by atoms with Crippen molar-refractivity contribution in [2.24, 2.45) is 0 Å². The molecule has 0 N–H and O–H groups in total. The Balaban J connectivity index is 1.90. The number of amides is 1. The van der Waals surface area contributed by atoms with Crippen molar-refractivity contribution in [1.29, 1.82) is 0 Å². The summed E-state index contributed by atoms with van der Waals surface area (Å²) in [5.74, 6) is 0.113. The highest BCUT2D eigenvalue weighted by molar-refractivity contribution is 7.99. The predicted molar refractivity (Wildman–Crippen MR) is 116 cm³/mol. The van der Waals surface area contributed by atoms with Crippen molar-refractivity contribution < 1.29 is 4.79 Å². The number of benzene rings is 2. The lowest BCUT2D eigenvalue weighted by atomic mass is 10.2. The molecule has 28 heavy (non-hydrogen) atoms. The summed E-state index contributed by atoms with van der Waals surface area (Å²) in [6, 6.07) is 14.5. The second-order valence-corrected chi connectivity index (χ2v) is 7.40. The number of aromatic nitrogens is 2. The van der Waals surface area contributed by atoms with Gasteiger partial charge in [-0.15, -0.1) is 6.58 Å². The maximum atomic E-state index is 12.8. The molecule has 1 amide bonds. The molecule has 0 saturated heterocycles. The highest BCUT2D eigenvalue weighted by atomic mass is 35.5. The third kappa shape index (κ3) is 4.29. The van der Waals surface area contributed by atoms with E-state index in [1.807, 2.05) is 37.3 Å². The van der Waals surface area contributed by atoms with E-state index in [4.69, 9.17) is 11.6 Å². The van der Waals surface area contributed by atoms with E-state index in [0.717, 1.165) is 5.69 Å².